The predicted molar refractivity (Wildman–Crippen MR) is 124 cm³/mol. The zero-order valence-corrected chi connectivity index (χ0v) is 18.9. The highest BCUT2D eigenvalue weighted by Crippen LogP contribution is 2.34. The van der Waals surface area contributed by atoms with E-state index < -0.39 is 10.0 Å². The lowest BCUT2D eigenvalue weighted by molar-refractivity contribution is -0.122. The molecule has 0 aromatic heterocycles. The first kappa shape index (κ1) is 22.9. The van der Waals surface area contributed by atoms with E-state index in [9.17, 15) is 18.0 Å². The topological polar surface area (TPSA) is 119 Å². The van der Waals surface area contributed by atoms with Crippen LogP contribution < -0.4 is 15.2 Å². The number of nitrogens with one attached hydrogen (secondary N) is 1. The zero-order chi connectivity index (χ0) is 22.6. The van der Waals surface area contributed by atoms with E-state index in [0.717, 1.165) is 5.56 Å². The zero-order valence-electron chi connectivity index (χ0n) is 16.4. The summed E-state index contributed by atoms with van der Waals surface area (Å²) in [5.41, 5.74) is 1.17. The Morgan fingerprint density at radius 3 is 2.55 bits per heavy atom. The number of hydrogen-bond acceptors (Lipinski definition) is 7. The molecular weight excluding hydrogens is 458 g/mol. The number of anilines is 1. The largest absolute Gasteiger partial charge is 0.496 e. The van der Waals surface area contributed by atoms with Gasteiger partial charge in [0.25, 0.3) is 5.91 Å². The van der Waals surface area contributed by atoms with E-state index in [4.69, 9.17) is 22.1 Å². The highest BCUT2D eigenvalue weighted by Gasteiger charge is 2.32. The number of methoxy groups -OCH3 is 1. The normalized spacial score (nSPS) is 15.4. The van der Waals surface area contributed by atoms with E-state index in [1.807, 2.05) is 18.2 Å². The Morgan fingerprint density at radius 1 is 1.23 bits per heavy atom. The molecular formula is C20H19N3O5S3. The first-order chi connectivity index (χ1) is 14.7. The standard InChI is InChI=1S/C20H19N3O5S3/c1-28-16-5-3-2-4-13(16)12-17-19(25)23(20(29)30-17)11-10-18(24)22-14-6-8-15(9-7-14)31(21,26)27/h2-9,12H,10-11H2,1H3,(H,22,24)(H2,21,26,27)/b17-12-. The number of benzene rings is 2. The summed E-state index contributed by atoms with van der Waals surface area (Å²) in [6, 6.07) is 12.8. The molecule has 8 nitrogen and oxygen atoms in total. The van der Waals surface area contributed by atoms with Gasteiger partial charge in [0.1, 0.15) is 10.1 Å². The Kier molecular flexibility index (Phi) is 7.11. The lowest BCUT2D eigenvalue weighted by Crippen LogP contribution is -2.31. The van der Waals surface area contributed by atoms with Crippen LogP contribution in [0.15, 0.2) is 58.3 Å². The number of hydrogen-bond donors (Lipinski definition) is 2. The van der Waals surface area contributed by atoms with E-state index in [2.05, 4.69) is 5.32 Å². The number of primary sulfonamides is 1. The minimum absolute atomic E-state index is 0.0192. The summed E-state index contributed by atoms with van der Waals surface area (Å²) >= 11 is 6.47. The second-order valence-electron chi connectivity index (χ2n) is 6.44. The molecule has 1 heterocycles. The molecule has 0 radical (unpaired) electrons. The molecule has 3 rings (SSSR count). The van der Waals surface area contributed by atoms with Crippen LogP contribution in [0, 0.1) is 0 Å². The summed E-state index contributed by atoms with van der Waals surface area (Å²) < 4.78 is 28.2. The van der Waals surface area contributed by atoms with Crippen molar-refractivity contribution in [3.63, 3.8) is 0 Å². The molecule has 0 atom stereocenters. The van der Waals surface area contributed by atoms with Gasteiger partial charge in [-0.15, -0.1) is 0 Å². The SMILES string of the molecule is COc1ccccc1/C=C1\SC(=S)N(CCC(=O)Nc2ccc(S(N)(=O)=O)cc2)C1=O. The minimum Gasteiger partial charge on any atom is -0.496 e. The number of amides is 2. The summed E-state index contributed by atoms with van der Waals surface area (Å²) in [6.45, 7) is 0.120. The Morgan fingerprint density at radius 2 is 1.90 bits per heavy atom. The highest BCUT2D eigenvalue weighted by molar-refractivity contribution is 8.26. The van der Waals surface area contributed by atoms with Crippen molar-refractivity contribution in [2.45, 2.75) is 11.3 Å². The number of thioether (sulfide) groups is 1. The van der Waals surface area contributed by atoms with Gasteiger partial charge in [-0.25, -0.2) is 13.6 Å². The molecule has 1 aliphatic heterocycles. The Bertz CT molecular complexity index is 1160. The molecule has 1 saturated heterocycles. The van der Waals surface area contributed by atoms with Crippen LogP contribution in [0.1, 0.15) is 12.0 Å². The monoisotopic (exact) mass is 477 g/mol. The number of nitrogens with two attached hydrogens (primary N) is 1. The first-order valence-corrected chi connectivity index (χ1v) is 11.8. The second kappa shape index (κ2) is 9.60. The number of nitrogens with zero attached hydrogens (tertiary/aromatic N) is 1. The van der Waals surface area contributed by atoms with Gasteiger partial charge >= 0.3 is 0 Å². The third-order valence-corrected chi connectivity index (χ3v) is 6.64. The molecule has 162 valence electrons. The maximum atomic E-state index is 12.7. The molecule has 2 aromatic rings. The van der Waals surface area contributed by atoms with Crippen molar-refractivity contribution in [2.75, 3.05) is 19.0 Å². The molecule has 11 heteroatoms. The van der Waals surface area contributed by atoms with Crippen LogP contribution in [0.2, 0.25) is 0 Å². The molecule has 0 aliphatic carbocycles. The predicted octanol–water partition coefficient (Wildman–Crippen LogP) is 2.57. The third kappa shape index (κ3) is 5.70. The van der Waals surface area contributed by atoms with E-state index in [1.54, 1.807) is 19.3 Å². The number of thiocarbonyl (C=S) groups is 1. The third-order valence-electron chi connectivity index (χ3n) is 4.33. The number of para-hydroxylation sites is 1. The van der Waals surface area contributed by atoms with Crippen molar-refractivity contribution in [2.24, 2.45) is 5.14 Å². The Hall–Kier alpha value is -2.73. The van der Waals surface area contributed by atoms with Gasteiger partial charge in [0.05, 0.1) is 16.9 Å². The lowest BCUT2D eigenvalue weighted by Gasteiger charge is -2.14. The van der Waals surface area contributed by atoms with Crippen LogP contribution in [0.4, 0.5) is 5.69 Å². The van der Waals surface area contributed by atoms with Gasteiger partial charge in [-0.05, 0) is 36.4 Å². The number of ether oxygens (including phenoxy) is 1. The number of carbonyl (C=O) groups is 2. The summed E-state index contributed by atoms with van der Waals surface area (Å²) in [4.78, 5) is 26.8. The highest BCUT2D eigenvalue weighted by atomic mass is 32.2. The fraction of sp³-hybridized carbons (Fsp3) is 0.150. The molecule has 0 saturated carbocycles. The number of carbonyl (C=O) groups excluding carboxylic acids is 2. The molecule has 1 fully saturated rings. The quantitative estimate of drug-likeness (QED) is 0.465. The van der Waals surface area contributed by atoms with Crippen molar-refractivity contribution < 1.29 is 22.7 Å². The fourth-order valence-electron chi connectivity index (χ4n) is 2.78. The van der Waals surface area contributed by atoms with Crippen molar-refractivity contribution in [1.29, 1.82) is 0 Å². The van der Waals surface area contributed by atoms with E-state index >= 15 is 0 Å². The van der Waals surface area contributed by atoms with Crippen molar-refractivity contribution in [3.05, 3.63) is 59.0 Å². The van der Waals surface area contributed by atoms with Crippen LogP contribution in [0.3, 0.4) is 0 Å². The summed E-state index contributed by atoms with van der Waals surface area (Å²) in [7, 11) is -2.25. The van der Waals surface area contributed by atoms with Gasteiger partial charge in [-0.3, -0.25) is 14.5 Å². The van der Waals surface area contributed by atoms with Crippen LogP contribution in [-0.2, 0) is 19.6 Å². The van der Waals surface area contributed by atoms with E-state index in [0.29, 0.717) is 20.7 Å². The summed E-state index contributed by atoms with van der Waals surface area (Å²) in [5.74, 6) is 0.0259. The molecule has 0 unspecified atom stereocenters. The van der Waals surface area contributed by atoms with Gasteiger partial charge < -0.3 is 10.1 Å². The number of sulfonamides is 1. The fourth-order valence-corrected chi connectivity index (χ4v) is 4.60. The lowest BCUT2D eigenvalue weighted by atomic mass is 10.2. The maximum Gasteiger partial charge on any atom is 0.266 e. The molecule has 0 spiro atoms. The first-order valence-electron chi connectivity index (χ1n) is 9.00. The molecule has 1 aliphatic rings. The molecule has 0 bridgehead atoms. The van der Waals surface area contributed by atoms with Crippen molar-refractivity contribution in [1.82, 2.24) is 4.90 Å². The average molecular weight is 478 g/mol. The molecule has 2 amide bonds. The van der Waals surface area contributed by atoms with Gasteiger partial charge in [-0.2, -0.15) is 0 Å². The number of rotatable bonds is 7. The maximum absolute atomic E-state index is 12.7. The average Bonchev–Trinajstić information content (AvgIpc) is 2.99. The van der Waals surface area contributed by atoms with Crippen LogP contribution >= 0.6 is 24.0 Å². The minimum atomic E-state index is -3.80. The molecule has 31 heavy (non-hydrogen) atoms. The van der Waals surface area contributed by atoms with Gasteiger partial charge in [0.2, 0.25) is 15.9 Å². The van der Waals surface area contributed by atoms with Gasteiger partial charge in [-0.1, -0.05) is 42.2 Å². The van der Waals surface area contributed by atoms with E-state index in [1.165, 1.54) is 40.9 Å². The molecule has 3 N–H and O–H groups in total. The van der Waals surface area contributed by atoms with Crippen molar-refractivity contribution >= 4 is 61.9 Å². The second-order valence-corrected chi connectivity index (χ2v) is 9.68. The van der Waals surface area contributed by atoms with Crippen molar-refractivity contribution in [3.8, 4) is 5.75 Å². The molecule has 2 aromatic carbocycles. The smallest absolute Gasteiger partial charge is 0.266 e. The summed E-state index contributed by atoms with van der Waals surface area (Å²) in [5, 5.41) is 7.70. The van der Waals surface area contributed by atoms with Crippen LogP contribution in [0.25, 0.3) is 6.08 Å². The van der Waals surface area contributed by atoms with Gasteiger partial charge in [0, 0.05) is 24.2 Å². The van der Waals surface area contributed by atoms with Crippen LogP contribution in [-0.4, -0.2) is 43.1 Å². The summed E-state index contributed by atoms with van der Waals surface area (Å²) in [6.07, 6.45) is 1.73. The Labute approximate surface area is 189 Å². The van der Waals surface area contributed by atoms with Crippen LogP contribution in [0.5, 0.6) is 5.75 Å². The van der Waals surface area contributed by atoms with Gasteiger partial charge in [0.15, 0.2) is 0 Å². The van der Waals surface area contributed by atoms with E-state index in [-0.39, 0.29) is 29.7 Å². The Balaban J connectivity index is 1.61.